The summed E-state index contributed by atoms with van der Waals surface area (Å²) in [4.78, 5) is 13.6. The van der Waals surface area contributed by atoms with E-state index in [-0.39, 0.29) is 40.7 Å². The molecule has 6 rings (SSSR count). The predicted molar refractivity (Wildman–Crippen MR) is 137 cm³/mol. The summed E-state index contributed by atoms with van der Waals surface area (Å²) in [6.07, 6.45) is 7.78. The molecular weight excluding hydrogens is 454 g/mol. The lowest BCUT2D eigenvalue weighted by atomic mass is 9.41. The third kappa shape index (κ3) is 2.77. The van der Waals surface area contributed by atoms with E-state index in [1.165, 1.54) is 26.4 Å². The van der Waals surface area contributed by atoms with Gasteiger partial charge in [0.05, 0.1) is 31.5 Å². The van der Waals surface area contributed by atoms with Crippen molar-refractivity contribution < 1.29 is 24.5 Å². The molecule has 1 saturated heterocycles. The first-order chi connectivity index (χ1) is 16.8. The predicted octanol–water partition coefficient (Wildman–Crippen LogP) is 4.86. The maximum absolute atomic E-state index is 12.2. The zero-order chi connectivity index (χ0) is 26.1. The highest BCUT2D eigenvalue weighted by Gasteiger charge is 2.84. The number of amides is 1. The van der Waals surface area contributed by atoms with Crippen molar-refractivity contribution in [3.05, 3.63) is 0 Å². The van der Waals surface area contributed by atoms with Crippen LogP contribution in [0.4, 0.5) is 4.79 Å². The van der Waals surface area contributed by atoms with Crippen LogP contribution in [0.3, 0.4) is 0 Å². The van der Waals surface area contributed by atoms with E-state index in [0.29, 0.717) is 41.0 Å². The summed E-state index contributed by atoms with van der Waals surface area (Å²) in [5.74, 6) is 1.88. The number of ether oxygens (including phenoxy) is 2. The third-order valence-electron chi connectivity index (χ3n) is 13.8. The highest BCUT2D eigenvalue weighted by Crippen LogP contribution is 2.89. The minimum Gasteiger partial charge on any atom is -0.453 e. The van der Waals surface area contributed by atoms with Crippen molar-refractivity contribution in [3.63, 3.8) is 0 Å². The van der Waals surface area contributed by atoms with Crippen LogP contribution in [-0.4, -0.2) is 66.3 Å². The average Bonchev–Trinajstić information content (AvgIpc) is 3.46. The highest BCUT2D eigenvalue weighted by molar-refractivity contribution is 5.66. The number of likely N-dealkylation sites (N-methyl/N-ethyl adjacent to an activating group) is 1. The van der Waals surface area contributed by atoms with Gasteiger partial charge in [-0.3, -0.25) is 0 Å². The normalized spacial score (nSPS) is 56.4. The molecule has 1 aliphatic heterocycles. The summed E-state index contributed by atoms with van der Waals surface area (Å²) in [5.41, 5.74) is 0.532. The Morgan fingerprint density at radius 3 is 2.39 bits per heavy atom. The summed E-state index contributed by atoms with van der Waals surface area (Å²) >= 11 is 0. The van der Waals surface area contributed by atoms with E-state index in [0.717, 1.165) is 32.1 Å². The Morgan fingerprint density at radius 1 is 1.03 bits per heavy atom. The molecule has 6 fully saturated rings. The number of aliphatic hydroxyl groups is 2. The summed E-state index contributed by atoms with van der Waals surface area (Å²) in [6.45, 7) is 12.4. The van der Waals surface area contributed by atoms with Crippen LogP contribution in [0.25, 0.3) is 0 Å². The summed E-state index contributed by atoms with van der Waals surface area (Å²) < 4.78 is 11.6. The quantitative estimate of drug-likeness (QED) is 0.563. The zero-order valence-corrected chi connectivity index (χ0v) is 23.5. The third-order valence-corrected chi connectivity index (χ3v) is 13.8. The molecular formula is C30H49NO5. The van der Waals surface area contributed by atoms with Gasteiger partial charge in [0.2, 0.25) is 0 Å². The van der Waals surface area contributed by atoms with Gasteiger partial charge >= 0.3 is 6.09 Å². The minimum atomic E-state index is -0.486. The van der Waals surface area contributed by atoms with Crippen molar-refractivity contribution in [1.29, 1.82) is 0 Å². The fourth-order valence-electron chi connectivity index (χ4n) is 12.0. The van der Waals surface area contributed by atoms with Crippen molar-refractivity contribution >= 4 is 6.09 Å². The van der Waals surface area contributed by atoms with Gasteiger partial charge < -0.3 is 24.6 Å². The first-order valence-corrected chi connectivity index (χ1v) is 14.6. The maximum Gasteiger partial charge on any atom is 0.409 e. The van der Waals surface area contributed by atoms with Crippen molar-refractivity contribution in [3.8, 4) is 0 Å². The molecule has 0 aromatic carbocycles. The van der Waals surface area contributed by atoms with Crippen LogP contribution >= 0.6 is 0 Å². The highest BCUT2D eigenvalue weighted by atomic mass is 16.5. The smallest absolute Gasteiger partial charge is 0.409 e. The van der Waals surface area contributed by atoms with Crippen molar-refractivity contribution in [1.82, 2.24) is 4.90 Å². The molecule has 5 aliphatic carbocycles. The first-order valence-electron chi connectivity index (χ1n) is 14.6. The van der Waals surface area contributed by atoms with Gasteiger partial charge in [-0.2, -0.15) is 0 Å². The van der Waals surface area contributed by atoms with Crippen LogP contribution < -0.4 is 0 Å². The molecule has 36 heavy (non-hydrogen) atoms. The molecule has 1 amide bonds. The number of aliphatic hydroxyl groups excluding tert-OH is 2. The number of hydrogen-bond donors (Lipinski definition) is 2. The van der Waals surface area contributed by atoms with Gasteiger partial charge in [0, 0.05) is 19.0 Å². The molecule has 0 bridgehead atoms. The van der Waals surface area contributed by atoms with E-state index in [1.807, 2.05) is 0 Å². The SMILES string of the molecule is COC(=O)N(C)CC1C[C@@H](C)[C@H]2C(O1)[C@H](O)[C@@]1(C)C3CC[C@H]4C(C)(C)C(O)CCC45CC35CCC21C. The monoisotopic (exact) mass is 503 g/mol. The Kier molecular flexibility index (Phi) is 5.39. The van der Waals surface area contributed by atoms with E-state index in [2.05, 4.69) is 34.6 Å². The number of methoxy groups -OCH3 is 1. The van der Waals surface area contributed by atoms with Crippen LogP contribution in [-0.2, 0) is 9.47 Å². The molecule has 204 valence electrons. The van der Waals surface area contributed by atoms with E-state index >= 15 is 0 Å². The molecule has 5 saturated carbocycles. The minimum absolute atomic E-state index is 0.0207. The van der Waals surface area contributed by atoms with Crippen molar-refractivity contribution in [2.24, 2.45) is 50.7 Å². The maximum atomic E-state index is 12.2. The molecule has 6 aliphatic rings. The molecule has 0 radical (unpaired) electrons. The number of carbonyl (C=O) groups excluding carboxylic acids is 1. The number of hydrogen-bond acceptors (Lipinski definition) is 5. The Labute approximate surface area is 217 Å². The van der Waals surface area contributed by atoms with Gasteiger partial charge in [0.1, 0.15) is 0 Å². The Balaban J connectivity index is 1.31. The standard InChI is InChI=1S/C30H49NO5/c1-17-14-18(15-31(6)25(34)35-7)36-23-22(17)27(4)12-13-30-16-29(30)11-10-21(32)26(2,3)19(29)8-9-20(30)28(27,5)24(23)33/h17-24,32-33H,8-16H2,1-7H3/t17-,18?,19+,20?,21?,22+,23?,24+,27?,28-,29?,30?/m1/s1. The molecule has 12 atom stereocenters. The van der Waals surface area contributed by atoms with Crippen LogP contribution in [0, 0.1) is 50.7 Å². The van der Waals surface area contributed by atoms with Gasteiger partial charge in [-0.05, 0) is 96.7 Å². The number of rotatable bonds is 2. The van der Waals surface area contributed by atoms with Gasteiger partial charge in [0.15, 0.2) is 0 Å². The second-order valence-corrected chi connectivity index (χ2v) is 15.0. The fourth-order valence-corrected chi connectivity index (χ4v) is 12.0. The first kappa shape index (κ1) is 25.4. The lowest BCUT2D eigenvalue weighted by molar-refractivity contribution is -0.182. The van der Waals surface area contributed by atoms with E-state index in [4.69, 9.17) is 9.47 Å². The van der Waals surface area contributed by atoms with Crippen LogP contribution in [0.1, 0.15) is 86.0 Å². The van der Waals surface area contributed by atoms with E-state index in [1.54, 1.807) is 11.9 Å². The Bertz CT molecular complexity index is 938. The molecule has 6 heteroatoms. The van der Waals surface area contributed by atoms with Crippen molar-refractivity contribution in [2.75, 3.05) is 20.7 Å². The van der Waals surface area contributed by atoms with Crippen LogP contribution in [0.5, 0.6) is 0 Å². The van der Waals surface area contributed by atoms with Gasteiger partial charge in [0.25, 0.3) is 0 Å². The summed E-state index contributed by atoms with van der Waals surface area (Å²) in [7, 11) is 3.17. The van der Waals surface area contributed by atoms with Gasteiger partial charge in [-0.25, -0.2) is 4.79 Å². The van der Waals surface area contributed by atoms with Gasteiger partial charge in [-0.15, -0.1) is 0 Å². The molecule has 0 aromatic rings. The second-order valence-electron chi connectivity index (χ2n) is 15.0. The van der Waals surface area contributed by atoms with Gasteiger partial charge in [-0.1, -0.05) is 34.6 Å². The summed E-state index contributed by atoms with van der Waals surface area (Å²) in [6, 6.07) is 0. The van der Waals surface area contributed by atoms with Crippen LogP contribution in [0.2, 0.25) is 0 Å². The zero-order valence-electron chi connectivity index (χ0n) is 23.5. The lowest BCUT2D eigenvalue weighted by Crippen LogP contribution is -2.59. The topological polar surface area (TPSA) is 79.2 Å². The van der Waals surface area contributed by atoms with Crippen LogP contribution in [0.15, 0.2) is 0 Å². The fraction of sp³-hybridized carbons (Fsp3) is 0.967. The molecule has 7 unspecified atom stereocenters. The van der Waals surface area contributed by atoms with Crippen molar-refractivity contribution in [2.45, 2.75) is 110 Å². The molecule has 6 nitrogen and oxygen atoms in total. The largest absolute Gasteiger partial charge is 0.453 e. The average molecular weight is 504 g/mol. The molecule has 2 N–H and O–H groups in total. The number of nitrogens with zero attached hydrogens (tertiary/aromatic N) is 1. The number of carbonyl (C=O) groups is 1. The molecule has 1 heterocycles. The molecule has 2 spiro atoms. The van der Waals surface area contributed by atoms with E-state index < -0.39 is 6.10 Å². The number of fused-ring (bicyclic) bond motifs is 4. The second kappa shape index (κ2) is 7.63. The Hall–Kier alpha value is -0.850. The molecule has 0 aromatic heterocycles. The summed E-state index contributed by atoms with van der Waals surface area (Å²) in [5, 5.41) is 23.1. The Morgan fingerprint density at radius 2 is 1.69 bits per heavy atom. The lowest BCUT2D eigenvalue weighted by Gasteiger charge is -2.63. The van der Waals surface area contributed by atoms with E-state index in [9.17, 15) is 15.0 Å².